The molecule has 1 saturated carbocycles. The number of pyridine rings is 1. The van der Waals surface area contributed by atoms with Crippen LogP contribution < -0.4 is 62.7 Å². The van der Waals surface area contributed by atoms with Gasteiger partial charge in [-0.05, 0) is 49.5 Å². The van der Waals surface area contributed by atoms with E-state index in [1.165, 1.54) is 0 Å². The third kappa shape index (κ3) is 3.84. The first-order valence-electron chi connectivity index (χ1n) is 9.13. The number of nitrogens with two attached hydrogens (primary N) is 1. The number of nitrogens with one attached hydrogen (secondary N) is 1. The second kappa shape index (κ2) is 8.50. The molecule has 3 N–H and O–H groups in total. The molecule has 0 amide bonds. The standard InChI is InChI=1S/C20H23N6O.K/c1-11-5-4-6-13-9-15(26(14-7-8-14)20(27)16(11)13)12(2)25-18(21)17-19(22-3)24-10-23-17;/h4-6,9-10,12,14H,7-8H2,1-3H3,(H3-,21,22,23,24,25);/q-1;+1. The molecular weight excluding hydrogens is 379 g/mol. The van der Waals surface area contributed by atoms with Crippen molar-refractivity contribution >= 4 is 22.4 Å². The molecule has 0 aliphatic heterocycles. The van der Waals surface area contributed by atoms with Crippen molar-refractivity contribution in [2.75, 3.05) is 7.05 Å². The number of hydrogen-bond acceptors (Lipinski definition) is 3. The predicted octanol–water partition coefficient (Wildman–Crippen LogP) is 0.473. The first-order chi connectivity index (χ1) is 13.0. The van der Waals surface area contributed by atoms with Crippen LogP contribution in [0, 0.1) is 6.92 Å². The molecule has 1 aliphatic rings. The molecule has 2 heterocycles. The summed E-state index contributed by atoms with van der Waals surface area (Å²) >= 11 is 0. The van der Waals surface area contributed by atoms with Crippen molar-refractivity contribution in [3.05, 3.63) is 63.2 Å². The van der Waals surface area contributed by atoms with Crippen molar-refractivity contribution in [1.29, 1.82) is 0 Å². The largest absolute Gasteiger partial charge is 1.00 e. The fourth-order valence-electron chi connectivity index (χ4n) is 3.58. The molecular formula is C20H23KN6O. The summed E-state index contributed by atoms with van der Waals surface area (Å²) in [4.78, 5) is 25.0. The number of benzene rings is 1. The molecule has 8 heteroatoms. The zero-order valence-electron chi connectivity index (χ0n) is 16.7. The summed E-state index contributed by atoms with van der Waals surface area (Å²) in [5.74, 6) is 0.903. The monoisotopic (exact) mass is 402 g/mol. The first-order valence-corrected chi connectivity index (χ1v) is 9.13. The number of H-pyrrole nitrogens is 1. The van der Waals surface area contributed by atoms with E-state index in [0.717, 1.165) is 34.9 Å². The molecule has 4 rings (SSSR count). The Kier molecular flexibility index (Phi) is 6.46. The van der Waals surface area contributed by atoms with Gasteiger partial charge in [0.05, 0.1) is 11.4 Å². The molecule has 0 saturated heterocycles. The zero-order valence-corrected chi connectivity index (χ0v) is 19.9. The van der Waals surface area contributed by atoms with Crippen LogP contribution in [0.2, 0.25) is 0 Å². The van der Waals surface area contributed by atoms with Gasteiger partial charge < -0.3 is 20.6 Å². The molecule has 0 bridgehead atoms. The maximum atomic E-state index is 13.2. The molecule has 1 fully saturated rings. The van der Waals surface area contributed by atoms with E-state index >= 15 is 0 Å². The molecule has 0 spiro atoms. The first kappa shape index (κ1) is 21.3. The number of imidazole rings is 1. The topological polar surface area (TPSA) is 103 Å². The van der Waals surface area contributed by atoms with Gasteiger partial charge in [0.25, 0.3) is 5.56 Å². The van der Waals surface area contributed by atoms with Crippen molar-refractivity contribution < 1.29 is 51.4 Å². The Hall–Kier alpha value is -1.45. The van der Waals surface area contributed by atoms with Crippen LogP contribution in [0.5, 0.6) is 0 Å². The van der Waals surface area contributed by atoms with E-state index in [1.807, 2.05) is 36.6 Å². The van der Waals surface area contributed by atoms with E-state index in [-0.39, 0.29) is 69.0 Å². The molecule has 1 aliphatic carbocycles. The second-order valence-electron chi connectivity index (χ2n) is 7.03. The average Bonchev–Trinajstić information content (AvgIpc) is 3.36. The third-order valence-electron chi connectivity index (χ3n) is 5.08. The minimum atomic E-state index is -0.274. The van der Waals surface area contributed by atoms with Crippen LogP contribution in [0.1, 0.15) is 48.8 Å². The van der Waals surface area contributed by atoms with Crippen LogP contribution in [0.4, 0.5) is 5.82 Å². The van der Waals surface area contributed by atoms with Crippen molar-refractivity contribution in [2.24, 2.45) is 10.7 Å². The zero-order chi connectivity index (χ0) is 19.1. The van der Waals surface area contributed by atoms with Gasteiger partial charge in [-0.3, -0.25) is 14.8 Å². The predicted molar refractivity (Wildman–Crippen MR) is 108 cm³/mol. The maximum absolute atomic E-state index is 13.2. The van der Waals surface area contributed by atoms with Crippen molar-refractivity contribution in [2.45, 2.75) is 38.8 Å². The SMILES string of the molecule is C[N-]c1[nH]cnc1C(N)=NC(C)c1cc2cccc(C)c2c(=O)n1C1CC1.[K+]. The Labute approximate surface area is 206 Å². The number of fused-ring (bicyclic) bond motifs is 1. The number of rotatable bonds is 5. The molecule has 7 nitrogen and oxygen atoms in total. The minimum absolute atomic E-state index is 0. The fraction of sp³-hybridized carbons (Fsp3) is 0.350. The summed E-state index contributed by atoms with van der Waals surface area (Å²) < 4.78 is 1.91. The van der Waals surface area contributed by atoms with E-state index in [1.54, 1.807) is 13.4 Å². The molecule has 28 heavy (non-hydrogen) atoms. The van der Waals surface area contributed by atoms with E-state index in [9.17, 15) is 4.79 Å². The summed E-state index contributed by atoms with van der Waals surface area (Å²) in [6, 6.07) is 7.98. The van der Waals surface area contributed by atoms with E-state index in [4.69, 9.17) is 5.73 Å². The third-order valence-corrected chi connectivity index (χ3v) is 5.08. The van der Waals surface area contributed by atoms with Gasteiger partial charge in [0.2, 0.25) is 0 Å². The number of aromatic amines is 1. The van der Waals surface area contributed by atoms with Gasteiger partial charge in [-0.2, -0.15) is 0 Å². The normalized spacial score (nSPS) is 15.3. The number of amidine groups is 1. The van der Waals surface area contributed by atoms with Crippen LogP contribution in [-0.2, 0) is 0 Å². The van der Waals surface area contributed by atoms with E-state index < -0.39 is 0 Å². The summed E-state index contributed by atoms with van der Waals surface area (Å²) in [6.07, 6.45) is 3.59. The van der Waals surface area contributed by atoms with Crippen LogP contribution in [-0.4, -0.2) is 27.4 Å². The van der Waals surface area contributed by atoms with Crippen LogP contribution in [0.15, 0.2) is 40.4 Å². The maximum Gasteiger partial charge on any atom is 1.00 e. The summed E-state index contributed by atoms with van der Waals surface area (Å²) in [6.45, 7) is 3.94. The van der Waals surface area contributed by atoms with E-state index in [0.29, 0.717) is 17.3 Å². The molecule has 140 valence electrons. The Morgan fingerprint density at radius 2 is 2.18 bits per heavy atom. The van der Waals surface area contributed by atoms with Gasteiger partial charge >= 0.3 is 51.4 Å². The number of aromatic nitrogens is 3. The average molecular weight is 403 g/mol. The molecule has 0 radical (unpaired) electrons. The van der Waals surface area contributed by atoms with Gasteiger partial charge in [-0.15, -0.1) is 0 Å². The van der Waals surface area contributed by atoms with Crippen LogP contribution in [0.25, 0.3) is 16.1 Å². The fourth-order valence-corrected chi connectivity index (χ4v) is 3.58. The van der Waals surface area contributed by atoms with E-state index in [2.05, 4.69) is 26.3 Å². The minimum Gasteiger partial charge on any atom is -0.467 e. The van der Waals surface area contributed by atoms with Crippen molar-refractivity contribution in [3.8, 4) is 0 Å². The Balaban J connectivity index is 0.00000225. The van der Waals surface area contributed by atoms with Crippen LogP contribution >= 0.6 is 0 Å². The smallest absolute Gasteiger partial charge is 0.467 e. The van der Waals surface area contributed by atoms with Gasteiger partial charge in [0.15, 0.2) is 0 Å². The Morgan fingerprint density at radius 1 is 1.43 bits per heavy atom. The second-order valence-corrected chi connectivity index (χ2v) is 7.03. The van der Waals surface area contributed by atoms with Crippen molar-refractivity contribution in [3.63, 3.8) is 0 Å². The summed E-state index contributed by atoms with van der Waals surface area (Å²) in [5, 5.41) is 5.85. The van der Waals surface area contributed by atoms with Crippen LogP contribution in [0.3, 0.4) is 0 Å². The molecule has 1 aromatic carbocycles. The number of hydrogen-bond donors (Lipinski definition) is 2. The van der Waals surface area contributed by atoms with Gasteiger partial charge in [0, 0.05) is 18.1 Å². The number of aryl methyl sites for hydroxylation is 1. The van der Waals surface area contributed by atoms with Gasteiger partial charge in [-0.1, -0.05) is 25.2 Å². The quantitative estimate of drug-likeness (QED) is 0.368. The molecule has 3 aromatic rings. The molecule has 1 unspecified atom stereocenters. The van der Waals surface area contributed by atoms with Crippen molar-refractivity contribution in [1.82, 2.24) is 14.5 Å². The number of nitrogens with zero attached hydrogens (tertiary/aromatic N) is 4. The number of aliphatic imine (C=N–C) groups is 1. The van der Waals surface area contributed by atoms with Gasteiger partial charge in [0.1, 0.15) is 11.5 Å². The summed E-state index contributed by atoms with van der Waals surface area (Å²) in [7, 11) is 1.67. The molecule has 2 aromatic heterocycles. The Bertz CT molecular complexity index is 1100. The molecule has 1 atom stereocenters. The van der Waals surface area contributed by atoms with Gasteiger partial charge in [-0.25, -0.2) is 0 Å². The summed E-state index contributed by atoms with van der Waals surface area (Å²) in [5.41, 5.74) is 8.67. The Morgan fingerprint density at radius 3 is 2.86 bits per heavy atom.